The maximum Gasteiger partial charge on any atom is 0.274 e. The summed E-state index contributed by atoms with van der Waals surface area (Å²) in [5.74, 6) is -0.205. The molecule has 1 fully saturated rings. The van der Waals surface area contributed by atoms with E-state index >= 15 is 0 Å². The summed E-state index contributed by atoms with van der Waals surface area (Å²) in [5.41, 5.74) is 2.16. The molecule has 0 radical (unpaired) electrons. The Morgan fingerprint density at radius 3 is 2.56 bits per heavy atom. The molecule has 1 aromatic heterocycles. The first-order valence-electron chi connectivity index (χ1n) is 8.54. The van der Waals surface area contributed by atoms with Gasteiger partial charge in [-0.2, -0.15) is 0 Å². The molecule has 1 aliphatic carbocycles. The van der Waals surface area contributed by atoms with Gasteiger partial charge in [0.1, 0.15) is 5.69 Å². The van der Waals surface area contributed by atoms with Gasteiger partial charge in [-0.3, -0.25) is 14.6 Å². The molecule has 6 heteroatoms. The summed E-state index contributed by atoms with van der Waals surface area (Å²) >= 11 is 0. The molecule has 0 unspecified atom stereocenters. The van der Waals surface area contributed by atoms with Crippen molar-refractivity contribution in [2.24, 2.45) is 0 Å². The molecular weight excluding hydrogens is 316 g/mol. The Bertz CT molecular complexity index is 727. The average Bonchev–Trinajstić information content (AvgIpc) is 3.46. The Labute approximate surface area is 147 Å². The third kappa shape index (κ3) is 4.86. The molecule has 2 aromatic rings. The van der Waals surface area contributed by atoms with Crippen LogP contribution in [0.3, 0.4) is 0 Å². The van der Waals surface area contributed by atoms with Gasteiger partial charge in [-0.05, 0) is 25.3 Å². The molecule has 1 N–H and O–H groups in total. The van der Waals surface area contributed by atoms with Crippen molar-refractivity contribution in [2.45, 2.75) is 38.8 Å². The van der Waals surface area contributed by atoms with Crippen LogP contribution in [-0.4, -0.2) is 39.3 Å². The van der Waals surface area contributed by atoms with Crippen molar-refractivity contribution in [1.82, 2.24) is 20.2 Å². The normalized spacial score (nSPS) is 13.3. The van der Waals surface area contributed by atoms with Crippen molar-refractivity contribution in [3.8, 4) is 0 Å². The Balaban J connectivity index is 1.52. The van der Waals surface area contributed by atoms with Crippen LogP contribution in [0.2, 0.25) is 0 Å². The topological polar surface area (TPSA) is 75.2 Å². The lowest BCUT2D eigenvalue weighted by Gasteiger charge is -2.21. The molecule has 2 amide bonds. The molecule has 25 heavy (non-hydrogen) atoms. The van der Waals surface area contributed by atoms with Gasteiger partial charge in [-0.15, -0.1) is 0 Å². The number of rotatable bonds is 7. The van der Waals surface area contributed by atoms with Crippen LogP contribution in [0.4, 0.5) is 0 Å². The smallest absolute Gasteiger partial charge is 0.274 e. The van der Waals surface area contributed by atoms with Gasteiger partial charge < -0.3 is 10.2 Å². The van der Waals surface area contributed by atoms with Crippen LogP contribution in [0.15, 0.2) is 42.7 Å². The lowest BCUT2D eigenvalue weighted by molar-refractivity contribution is -0.121. The molecular formula is C19H22N4O2. The van der Waals surface area contributed by atoms with Crippen LogP contribution in [-0.2, 0) is 11.3 Å². The van der Waals surface area contributed by atoms with Crippen molar-refractivity contribution in [2.75, 3.05) is 6.54 Å². The Morgan fingerprint density at radius 1 is 1.16 bits per heavy atom. The van der Waals surface area contributed by atoms with E-state index in [2.05, 4.69) is 15.3 Å². The van der Waals surface area contributed by atoms with Crippen LogP contribution in [0, 0.1) is 6.92 Å². The largest absolute Gasteiger partial charge is 0.352 e. The molecule has 130 valence electrons. The highest BCUT2D eigenvalue weighted by molar-refractivity contribution is 5.92. The zero-order valence-electron chi connectivity index (χ0n) is 14.3. The van der Waals surface area contributed by atoms with E-state index in [0.29, 0.717) is 18.8 Å². The standard InChI is InChI=1S/C19H22N4O2/c1-14-11-21-17(13-20-14)19(25)23(16-7-8-16)10-9-18(24)22-12-15-5-3-2-4-6-15/h2-6,11,13,16H,7-10,12H2,1H3,(H,22,24). The second kappa shape index (κ2) is 7.88. The first-order chi connectivity index (χ1) is 12.1. The number of benzene rings is 1. The lowest BCUT2D eigenvalue weighted by Crippen LogP contribution is -2.37. The Morgan fingerprint density at radius 2 is 1.92 bits per heavy atom. The third-order valence-corrected chi connectivity index (χ3v) is 4.16. The lowest BCUT2D eigenvalue weighted by atomic mass is 10.2. The van der Waals surface area contributed by atoms with Gasteiger partial charge in [0.05, 0.1) is 11.9 Å². The van der Waals surface area contributed by atoms with E-state index in [0.717, 1.165) is 24.1 Å². The molecule has 0 spiro atoms. The van der Waals surface area contributed by atoms with E-state index in [1.165, 1.54) is 6.20 Å². The van der Waals surface area contributed by atoms with Crippen LogP contribution in [0.25, 0.3) is 0 Å². The molecule has 0 atom stereocenters. The van der Waals surface area contributed by atoms with Crippen LogP contribution < -0.4 is 5.32 Å². The molecule has 0 bridgehead atoms. The summed E-state index contributed by atoms with van der Waals surface area (Å²) in [7, 11) is 0. The second-order valence-corrected chi connectivity index (χ2v) is 6.29. The minimum absolute atomic E-state index is 0.0581. The van der Waals surface area contributed by atoms with Gasteiger partial charge in [0.25, 0.3) is 5.91 Å². The monoisotopic (exact) mass is 338 g/mol. The zero-order valence-corrected chi connectivity index (χ0v) is 14.3. The van der Waals surface area contributed by atoms with Crippen molar-refractivity contribution < 1.29 is 9.59 Å². The molecule has 0 aliphatic heterocycles. The summed E-state index contributed by atoms with van der Waals surface area (Å²) < 4.78 is 0. The van der Waals surface area contributed by atoms with E-state index in [4.69, 9.17) is 0 Å². The molecule has 3 rings (SSSR count). The highest BCUT2D eigenvalue weighted by Crippen LogP contribution is 2.28. The summed E-state index contributed by atoms with van der Waals surface area (Å²) in [4.78, 5) is 34.8. The van der Waals surface area contributed by atoms with Crippen LogP contribution >= 0.6 is 0 Å². The average molecular weight is 338 g/mol. The van der Waals surface area contributed by atoms with E-state index < -0.39 is 0 Å². The highest BCUT2D eigenvalue weighted by Gasteiger charge is 2.33. The van der Waals surface area contributed by atoms with Gasteiger partial charge in [0.2, 0.25) is 5.91 Å². The Hall–Kier alpha value is -2.76. The summed E-state index contributed by atoms with van der Waals surface area (Å²) in [6.07, 6.45) is 5.34. The number of carbonyl (C=O) groups excluding carboxylic acids is 2. The number of amides is 2. The van der Waals surface area contributed by atoms with Gasteiger partial charge in [0, 0.05) is 31.7 Å². The number of nitrogens with zero attached hydrogens (tertiary/aromatic N) is 3. The van der Waals surface area contributed by atoms with E-state index in [9.17, 15) is 9.59 Å². The first kappa shape index (κ1) is 17.1. The first-order valence-corrected chi connectivity index (χ1v) is 8.54. The maximum absolute atomic E-state index is 12.6. The summed E-state index contributed by atoms with van der Waals surface area (Å²) in [6.45, 7) is 2.73. The van der Waals surface area contributed by atoms with Gasteiger partial charge in [0.15, 0.2) is 0 Å². The van der Waals surface area contributed by atoms with Crippen molar-refractivity contribution in [1.29, 1.82) is 0 Å². The van der Waals surface area contributed by atoms with Crippen molar-refractivity contribution in [3.05, 3.63) is 59.7 Å². The third-order valence-electron chi connectivity index (χ3n) is 4.16. The second-order valence-electron chi connectivity index (χ2n) is 6.29. The number of carbonyl (C=O) groups is 2. The molecule has 1 aromatic carbocycles. The van der Waals surface area contributed by atoms with Crippen LogP contribution in [0.5, 0.6) is 0 Å². The fraction of sp³-hybridized carbons (Fsp3) is 0.368. The fourth-order valence-electron chi connectivity index (χ4n) is 2.59. The predicted molar refractivity (Wildman–Crippen MR) is 93.7 cm³/mol. The molecule has 0 saturated heterocycles. The number of aryl methyl sites for hydroxylation is 1. The highest BCUT2D eigenvalue weighted by atomic mass is 16.2. The SMILES string of the molecule is Cc1cnc(C(=O)N(CCC(=O)NCc2ccccc2)C2CC2)cn1. The maximum atomic E-state index is 12.6. The minimum Gasteiger partial charge on any atom is -0.352 e. The van der Waals surface area contributed by atoms with Gasteiger partial charge >= 0.3 is 0 Å². The number of hydrogen-bond acceptors (Lipinski definition) is 4. The fourth-order valence-corrected chi connectivity index (χ4v) is 2.59. The Kier molecular flexibility index (Phi) is 5.38. The van der Waals surface area contributed by atoms with Crippen molar-refractivity contribution >= 4 is 11.8 Å². The predicted octanol–water partition coefficient (Wildman–Crippen LogP) is 2.10. The molecule has 6 nitrogen and oxygen atoms in total. The summed E-state index contributed by atoms with van der Waals surface area (Å²) in [6, 6.07) is 9.98. The number of nitrogens with one attached hydrogen (secondary N) is 1. The number of hydrogen-bond donors (Lipinski definition) is 1. The van der Waals surface area contributed by atoms with Crippen LogP contribution in [0.1, 0.15) is 41.0 Å². The van der Waals surface area contributed by atoms with E-state index in [1.807, 2.05) is 37.3 Å². The van der Waals surface area contributed by atoms with E-state index in [-0.39, 0.29) is 24.3 Å². The van der Waals surface area contributed by atoms with Gasteiger partial charge in [-0.25, -0.2) is 4.98 Å². The quantitative estimate of drug-likeness (QED) is 0.839. The zero-order chi connectivity index (χ0) is 17.6. The summed E-state index contributed by atoms with van der Waals surface area (Å²) in [5, 5.41) is 2.89. The van der Waals surface area contributed by atoms with Crippen molar-refractivity contribution in [3.63, 3.8) is 0 Å². The molecule has 1 saturated carbocycles. The molecule has 1 aliphatic rings. The van der Waals surface area contributed by atoms with Gasteiger partial charge in [-0.1, -0.05) is 30.3 Å². The molecule has 1 heterocycles. The van der Waals surface area contributed by atoms with E-state index in [1.54, 1.807) is 11.1 Å². The number of aromatic nitrogens is 2. The minimum atomic E-state index is -0.147.